The van der Waals surface area contributed by atoms with Crippen LogP contribution in [0.3, 0.4) is 0 Å². The minimum absolute atomic E-state index is 0.0740. The van der Waals surface area contributed by atoms with Gasteiger partial charge in [0.25, 0.3) is 0 Å². The van der Waals surface area contributed by atoms with Gasteiger partial charge in [0.1, 0.15) is 11.6 Å². The molecule has 8 heteroatoms. The molecule has 6 nitrogen and oxygen atoms in total. The fourth-order valence-corrected chi connectivity index (χ4v) is 6.23. The van der Waals surface area contributed by atoms with Crippen molar-refractivity contribution in [1.29, 1.82) is 0 Å². The van der Waals surface area contributed by atoms with Crippen molar-refractivity contribution in [1.82, 2.24) is 14.8 Å². The van der Waals surface area contributed by atoms with Gasteiger partial charge in [-0.05, 0) is 98.7 Å². The van der Waals surface area contributed by atoms with Crippen LogP contribution in [0.25, 0.3) is 16.2 Å². The normalized spacial score (nSPS) is 17.7. The maximum absolute atomic E-state index is 13.6. The van der Waals surface area contributed by atoms with Crippen molar-refractivity contribution in [3.05, 3.63) is 63.9 Å². The SMILES string of the molecule is Cc1c(CN(C)C(=O)/C=C/c2cnc3c(c2)CC2(CCN(C)CC2)C(=O)N3)sc2ccc(F)cc12. The molecule has 5 rings (SSSR count). The van der Waals surface area contributed by atoms with Gasteiger partial charge in [-0.1, -0.05) is 0 Å². The van der Waals surface area contributed by atoms with Gasteiger partial charge < -0.3 is 15.1 Å². The van der Waals surface area contributed by atoms with Crippen molar-refractivity contribution in [3.63, 3.8) is 0 Å². The van der Waals surface area contributed by atoms with Crippen LogP contribution >= 0.6 is 11.3 Å². The molecule has 0 radical (unpaired) electrons. The summed E-state index contributed by atoms with van der Waals surface area (Å²) in [6.07, 6.45) is 7.36. The second-order valence-electron chi connectivity index (χ2n) is 9.81. The zero-order valence-corrected chi connectivity index (χ0v) is 21.0. The highest BCUT2D eigenvalue weighted by atomic mass is 32.1. The van der Waals surface area contributed by atoms with Crippen LogP contribution < -0.4 is 5.32 Å². The number of likely N-dealkylation sites (N-methyl/N-ethyl adjacent to an activating group) is 1. The van der Waals surface area contributed by atoms with E-state index in [2.05, 4.69) is 22.2 Å². The summed E-state index contributed by atoms with van der Waals surface area (Å²) in [5, 5.41) is 3.90. The van der Waals surface area contributed by atoms with E-state index in [1.807, 2.05) is 13.0 Å². The number of hydrogen-bond donors (Lipinski definition) is 1. The lowest BCUT2D eigenvalue weighted by atomic mass is 9.71. The molecule has 0 atom stereocenters. The molecule has 1 fully saturated rings. The number of halogens is 1. The average Bonchev–Trinajstić information content (AvgIpc) is 3.14. The third kappa shape index (κ3) is 4.60. The van der Waals surface area contributed by atoms with Crippen LogP contribution in [0.2, 0.25) is 0 Å². The molecule has 0 unspecified atom stereocenters. The number of hydrogen-bond acceptors (Lipinski definition) is 5. The Labute approximate surface area is 208 Å². The smallest absolute Gasteiger partial charge is 0.246 e. The summed E-state index contributed by atoms with van der Waals surface area (Å²) in [7, 11) is 3.85. The molecule has 1 aromatic carbocycles. The Morgan fingerprint density at radius 2 is 2.09 bits per heavy atom. The van der Waals surface area contributed by atoms with Crippen molar-refractivity contribution in [3.8, 4) is 0 Å². The van der Waals surface area contributed by atoms with Crippen LogP contribution in [0.5, 0.6) is 0 Å². The molecule has 0 bridgehead atoms. The van der Waals surface area contributed by atoms with Crippen molar-refractivity contribution in [2.24, 2.45) is 5.41 Å². The zero-order chi connectivity index (χ0) is 24.7. The van der Waals surface area contributed by atoms with Crippen LogP contribution in [-0.4, -0.2) is 53.8 Å². The first-order valence-corrected chi connectivity index (χ1v) is 12.7. The molecule has 0 saturated carbocycles. The lowest BCUT2D eigenvalue weighted by molar-refractivity contribution is -0.128. The molecule has 2 aliphatic heterocycles. The van der Waals surface area contributed by atoms with Crippen molar-refractivity contribution >= 4 is 45.1 Å². The lowest BCUT2D eigenvalue weighted by Crippen LogP contribution is -2.49. The first-order chi connectivity index (χ1) is 16.7. The Hall–Kier alpha value is -3.10. The summed E-state index contributed by atoms with van der Waals surface area (Å²) in [4.78, 5) is 35.0. The topological polar surface area (TPSA) is 65.5 Å². The average molecular weight is 493 g/mol. The van der Waals surface area contributed by atoms with Gasteiger partial charge in [0.2, 0.25) is 11.8 Å². The number of carbonyl (C=O) groups is 2. The number of nitrogens with zero attached hydrogens (tertiary/aromatic N) is 3. The summed E-state index contributed by atoms with van der Waals surface area (Å²) < 4.78 is 14.6. The summed E-state index contributed by atoms with van der Waals surface area (Å²) in [6.45, 7) is 4.24. The van der Waals surface area contributed by atoms with E-state index < -0.39 is 0 Å². The summed E-state index contributed by atoms with van der Waals surface area (Å²) in [5.41, 5.74) is 2.49. The van der Waals surface area contributed by atoms with Crippen LogP contribution in [0, 0.1) is 18.2 Å². The molecule has 2 aliphatic rings. The maximum Gasteiger partial charge on any atom is 0.246 e. The monoisotopic (exact) mass is 492 g/mol. The van der Waals surface area contributed by atoms with E-state index in [0.29, 0.717) is 18.8 Å². The van der Waals surface area contributed by atoms with E-state index in [1.165, 1.54) is 6.07 Å². The molecule has 35 heavy (non-hydrogen) atoms. The number of thiophene rings is 1. The van der Waals surface area contributed by atoms with E-state index in [4.69, 9.17) is 0 Å². The predicted molar refractivity (Wildman–Crippen MR) is 138 cm³/mol. The van der Waals surface area contributed by atoms with Gasteiger partial charge in [0.05, 0.1) is 12.0 Å². The van der Waals surface area contributed by atoms with E-state index in [0.717, 1.165) is 57.6 Å². The van der Waals surface area contributed by atoms with Gasteiger partial charge in [-0.25, -0.2) is 9.37 Å². The molecule has 2 aromatic heterocycles. The number of rotatable bonds is 4. The standard InChI is InChI=1S/C27H29FN4O2S/c1-17-21-13-20(28)5-6-22(21)35-23(17)16-32(3)24(33)7-4-18-12-19-14-27(8-10-31(2)11-9-27)26(34)30-25(19)29-15-18/h4-7,12-13,15H,8-11,14,16H2,1-3H3,(H,29,30,34)/b7-4+. The first-order valence-electron chi connectivity index (χ1n) is 11.8. The number of amides is 2. The molecule has 1 saturated heterocycles. The largest absolute Gasteiger partial charge is 0.337 e. The third-order valence-electron chi connectivity index (χ3n) is 7.35. The van der Waals surface area contributed by atoms with Gasteiger partial charge in [0, 0.05) is 28.9 Å². The van der Waals surface area contributed by atoms with Crippen molar-refractivity contribution in [2.75, 3.05) is 32.5 Å². The maximum atomic E-state index is 13.6. The fourth-order valence-electron chi connectivity index (χ4n) is 4.99. The first kappa shape index (κ1) is 23.6. The molecular weight excluding hydrogens is 463 g/mol. The Balaban J connectivity index is 1.28. The number of aromatic nitrogens is 1. The van der Waals surface area contributed by atoms with Crippen LogP contribution in [0.15, 0.2) is 36.5 Å². The second kappa shape index (κ2) is 9.17. The molecule has 1 spiro atoms. The van der Waals surface area contributed by atoms with E-state index in [9.17, 15) is 14.0 Å². The van der Waals surface area contributed by atoms with Gasteiger partial charge in [-0.2, -0.15) is 0 Å². The molecule has 4 heterocycles. The van der Waals surface area contributed by atoms with E-state index in [1.54, 1.807) is 53.8 Å². The minimum Gasteiger partial charge on any atom is -0.337 e. The summed E-state index contributed by atoms with van der Waals surface area (Å²) in [5.74, 6) is 0.324. The molecular formula is C27H29FN4O2S. The van der Waals surface area contributed by atoms with Gasteiger partial charge in [0.15, 0.2) is 0 Å². The molecule has 182 valence electrons. The van der Waals surface area contributed by atoms with Crippen LogP contribution in [-0.2, 0) is 22.6 Å². The Bertz CT molecular complexity index is 1340. The number of piperidine rings is 1. The fraction of sp³-hybridized carbons (Fsp3) is 0.370. The van der Waals surface area contributed by atoms with Gasteiger partial charge in [-0.3, -0.25) is 9.59 Å². The number of nitrogens with one attached hydrogen (secondary N) is 1. The number of benzene rings is 1. The predicted octanol–water partition coefficient (Wildman–Crippen LogP) is 4.62. The molecule has 2 amide bonds. The number of aryl methyl sites for hydroxylation is 1. The van der Waals surface area contributed by atoms with Gasteiger partial charge >= 0.3 is 0 Å². The van der Waals surface area contributed by atoms with Crippen molar-refractivity contribution in [2.45, 2.75) is 32.7 Å². The minimum atomic E-state index is -0.370. The van der Waals surface area contributed by atoms with Crippen molar-refractivity contribution < 1.29 is 14.0 Å². The highest BCUT2D eigenvalue weighted by Gasteiger charge is 2.44. The van der Waals surface area contributed by atoms with E-state index >= 15 is 0 Å². The Morgan fingerprint density at radius 1 is 1.31 bits per heavy atom. The highest BCUT2D eigenvalue weighted by molar-refractivity contribution is 7.19. The Kier molecular flexibility index (Phi) is 6.19. The van der Waals surface area contributed by atoms with Crippen LogP contribution in [0.1, 0.15) is 34.4 Å². The third-order valence-corrected chi connectivity index (χ3v) is 8.60. The number of pyridine rings is 1. The summed E-state index contributed by atoms with van der Waals surface area (Å²) in [6, 6.07) is 6.82. The molecule has 0 aliphatic carbocycles. The number of anilines is 1. The second-order valence-corrected chi connectivity index (χ2v) is 10.9. The molecule has 3 aromatic rings. The number of likely N-dealkylation sites (tertiary alicyclic amines) is 1. The quantitative estimate of drug-likeness (QED) is 0.540. The van der Waals surface area contributed by atoms with Crippen LogP contribution in [0.4, 0.5) is 10.2 Å². The van der Waals surface area contributed by atoms with Gasteiger partial charge in [-0.15, -0.1) is 11.3 Å². The highest BCUT2D eigenvalue weighted by Crippen LogP contribution is 2.41. The lowest BCUT2D eigenvalue weighted by Gasteiger charge is -2.42. The Morgan fingerprint density at radius 3 is 2.86 bits per heavy atom. The zero-order valence-electron chi connectivity index (χ0n) is 20.2. The van der Waals surface area contributed by atoms with E-state index in [-0.39, 0.29) is 23.0 Å². The number of fused-ring (bicyclic) bond motifs is 2. The molecule has 1 N–H and O–H groups in total. The summed E-state index contributed by atoms with van der Waals surface area (Å²) >= 11 is 1.59. The number of carbonyl (C=O) groups excluding carboxylic acids is 2.